The molecule has 0 unspecified atom stereocenters. The summed E-state index contributed by atoms with van der Waals surface area (Å²) in [5.41, 5.74) is 0.479. The number of hydrogen-bond acceptors (Lipinski definition) is 2. The minimum Gasteiger partial charge on any atom is -0.320 e. The highest BCUT2D eigenvalue weighted by Gasteiger charge is 2.16. The lowest BCUT2D eigenvalue weighted by Crippen LogP contribution is -2.26. The summed E-state index contributed by atoms with van der Waals surface area (Å²) in [5.74, 6) is 0. The minimum atomic E-state index is 0.479. The standard InChI is InChI=1S/C11H26N2/c1-6-13(5)10-8-11(2,3)7-9-12-4/h12H,6-10H2,1-5H3. The molecule has 0 aromatic carbocycles. The van der Waals surface area contributed by atoms with Crippen LogP contribution in [0.5, 0.6) is 0 Å². The molecule has 1 N–H and O–H groups in total. The van der Waals surface area contributed by atoms with Crippen molar-refractivity contribution in [3.63, 3.8) is 0 Å². The summed E-state index contributed by atoms with van der Waals surface area (Å²) in [7, 11) is 4.21. The van der Waals surface area contributed by atoms with Crippen molar-refractivity contribution in [2.24, 2.45) is 5.41 Å². The lowest BCUT2D eigenvalue weighted by molar-refractivity contribution is 0.241. The van der Waals surface area contributed by atoms with Gasteiger partial charge in [0.1, 0.15) is 0 Å². The Balaban J connectivity index is 3.61. The van der Waals surface area contributed by atoms with Gasteiger partial charge in [-0.3, -0.25) is 0 Å². The maximum Gasteiger partial charge on any atom is -0.00168 e. The van der Waals surface area contributed by atoms with Gasteiger partial charge in [0.2, 0.25) is 0 Å². The zero-order valence-corrected chi connectivity index (χ0v) is 9.98. The summed E-state index contributed by atoms with van der Waals surface area (Å²) >= 11 is 0. The molecule has 0 rings (SSSR count). The molecule has 0 aromatic heterocycles. The predicted molar refractivity (Wildman–Crippen MR) is 60.1 cm³/mol. The summed E-state index contributed by atoms with van der Waals surface area (Å²) in [6.45, 7) is 10.4. The Kier molecular flexibility index (Phi) is 6.35. The number of nitrogens with one attached hydrogen (secondary N) is 1. The van der Waals surface area contributed by atoms with Crippen LogP contribution in [0.25, 0.3) is 0 Å². The van der Waals surface area contributed by atoms with E-state index in [2.05, 4.69) is 38.0 Å². The van der Waals surface area contributed by atoms with E-state index in [4.69, 9.17) is 0 Å². The van der Waals surface area contributed by atoms with Crippen LogP contribution in [0.15, 0.2) is 0 Å². The number of nitrogens with zero attached hydrogens (tertiary/aromatic N) is 1. The predicted octanol–water partition coefficient (Wildman–Crippen LogP) is 1.96. The van der Waals surface area contributed by atoms with Gasteiger partial charge in [0.25, 0.3) is 0 Å². The molecule has 0 spiro atoms. The van der Waals surface area contributed by atoms with Gasteiger partial charge in [0.05, 0.1) is 0 Å². The second kappa shape index (κ2) is 6.39. The normalized spacial score (nSPS) is 12.5. The highest BCUT2D eigenvalue weighted by atomic mass is 15.1. The average Bonchev–Trinajstić information content (AvgIpc) is 2.11. The van der Waals surface area contributed by atoms with Crippen LogP contribution >= 0.6 is 0 Å². The van der Waals surface area contributed by atoms with Gasteiger partial charge in [0.15, 0.2) is 0 Å². The molecule has 2 nitrogen and oxygen atoms in total. The van der Waals surface area contributed by atoms with E-state index >= 15 is 0 Å². The molecule has 2 heteroatoms. The van der Waals surface area contributed by atoms with Crippen molar-refractivity contribution in [2.75, 3.05) is 33.7 Å². The molecule has 0 aliphatic rings. The molecule has 0 fully saturated rings. The zero-order chi connectivity index (χ0) is 10.3. The second-order valence-corrected chi connectivity index (χ2v) is 4.66. The quantitative estimate of drug-likeness (QED) is 0.654. The Labute approximate surface area is 83.7 Å². The van der Waals surface area contributed by atoms with Gasteiger partial charge in [-0.05, 0) is 52.0 Å². The second-order valence-electron chi connectivity index (χ2n) is 4.66. The molecule has 0 saturated heterocycles. The largest absolute Gasteiger partial charge is 0.320 e. The van der Waals surface area contributed by atoms with E-state index < -0.39 is 0 Å². The van der Waals surface area contributed by atoms with Crippen LogP contribution in [0.3, 0.4) is 0 Å². The summed E-state index contributed by atoms with van der Waals surface area (Å²) < 4.78 is 0. The van der Waals surface area contributed by atoms with E-state index in [1.807, 2.05) is 7.05 Å². The van der Waals surface area contributed by atoms with Crippen molar-refractivity contribution < 1.29 is 0 Å². The van der Waals surface area contributed by atoms with Crippen LogP contribution in [0.4, 0.5) is 0 Å². The van der Waals surface area contributed by atoms with Crippen LogP contribution in [-0.2, 0) is 0 Å². The molecule has 0 aliphatic carbocycles. The molecule has 0 aromatic rings. The third kappa shape index (κ3) is 7.03. The first-order valence-electron chi connectivity index (χ1n) is 5.35. The molecule has 0 radical (unpaired) electrons. The van der Waals surface area contributed by atoms with Gasteiger partial charge < -0.3 is 10.2 Å². The third-order valence-corrected chi connectivity index (χ3v) is 2.76. The maximum absolute atomic E-state index is 3.21. The van der Waals surface area contributed by atoms with Crippen LogP contribution < -0.4 is 5.32 Å². The van der Waals surface area contributed by atoms with Gasteiger partial charge >= 0.3 is 0 Å². The minimum absolute atomic E-state index is 0.479. The fourth-order valence-electron chi connectivity index (χ4n) is 1.24. The van der Waals surface area contributed by atoms with E-state index in [1.54, 1.807) is 0 Å². The summed E-state index contributed by atoms with van der Waals surface area (Å²) in [6.07, 6.45) is 2.56. The molecule has 0 heterocycles. The summed E-state index contributed by atoms with van der Waals surface area (Å²) in [4.78, 5) is 2.38. The summed E-state index contributed by atoms with van der Waals surface area (Å²) in [6, 6.07) is 0. The lowest BCUT2D eigenvalue weighted by Gasteiger charge is -2.27. The van der Waals surface area contributed by atoms with Gasteiger partial charge in [-0.2, -0.15) is 0 Å². The Hall–Kier alpha value is -0.0800. The van der Waals surface area contributed by atoms with Gasteiger partial charge in [-0.15, -0.1) is 0 Å². The van der Waals surface area contributed by atoms with Crippen LogP contribution in [0.1, 0.15) is 33.6 Å². The fraction of sp³-hybridized carbons (Fsp3) is 1.00. The van der Waals surface area contributed by atoms with Crippen molar-refractivity contribution in [1.82, 2.24) is 10.2 Å². The molecule has 0 bridgehead atoms. The smallest absolute Gasteiger partial charge is 0.00168 e. The van der Waals surface area contributed by atoms with Crippen LogP contribution in [0, 0.1) is 5.41 Å². The highest BCUT2D eigenvalue weighted by molar-refractivity contribution is 4.70. The molecule has 0 amide bonds. The Morgan fingerprint density at radius 1 is 1.23 bits per heavy atom. The van der Waals surface area contributed by atoms with Gasteiger partial charge in [-0.1, -0.05) is 20.8 Å². The first-order valence-corrected chi connectivity index (χ1v) is 5.35. The Morgan fingerprint density at radius 3 is 2.31 bits per heavy atom. The molecule has 0 saturated carbocycles. The zero-order valence-electron chi connectivity index (χ0n) is 9.98. The van der Waals surface area contributed by atoms with E-state index in [0.717, 1.165) is 13.1 Å². The first kappa shape index (κ1) is 12.9. The molecule has 80 valence electrons. The van der Waals surface area contributed by atoms with Crippen molar-refractivity contribution in [2.45, 2.75) is 33.6 Å². The lowest BCUT2D eigenvalue weighted by atomic mass is 9.85. The van der Waals surface area contributed by atoms with E-state index in [1.165, 1.54) is 19.4 Å². The SMILES string of the molecule is CCN(C)CCC(C)(C)CCNC. The Morgan fingerprint density at radius 2 is 1.85 bits per heavy atom. The van der Waals surface area contributed by atoms with Crippen LogP contribution in [0.2, 0.25) is 0 Å². The summed E-state index contributed by atoms with van der Waals surface area (Å²) in [5, 5.41) is 3.21. The fourth-order valence-corrected chi connectivity index (χ4v) is 1.24. The maximum atomic E-state index is 3.21. The average molecular weight is 186 g/mol. The topological polar surface area (TPSA) is 15.3 Å². The van der Waals surface area contributed by atoms with Crippen molar-refractivity contribution in [3.05, 3.63) is 0 Å². The first-order chi connectivity index (χ1) is 6.02. The third-order valence-electron chi connectivity index (χ3n) is 2.76. The van der Waals surface area contributed by atoms with Crippen molar-refractivity contribution in [1.29, 1.82) is 0 Å². The molecular formula is C11H26N2. The molecule has 0 aliphatic heterocycles. The van der Waals surface area contributed by atoms with Crippen LogP contribution in [-0.4, -0.2) is 38.6 Å². The highest BCUT2D eigenvalue weighted by Crippen LogP contribution is 2.24. The van der Waals surface area contributed by atoms with E-state index in [9.17, 15) is 0 Å². The molecule has 13 heavy (non-hydrogen) atoms. The number of hydrogen-bond donors (Lipinski definition) is 1. The Bertz CT molecular complexity index is 121. The van der Waals surface area contributed by atoms with Crippen molar-refractivity contribution >= 4 is 0 Å². The monoisotopic (exact) mass is 186 g/mol. The molecular weight excluding hydrogens is 160 g/mol. The van der Waals surface area contributed by atoms with Gasteiger partial charge in [-0.25, -0.2) is 0 Å². The van der Waals surface area contributed by atoms with Gasteiger partial charge in [0, 0.05) is 0 Å². The molecule has 0 atom stereocenters. The van der Waals surface area contributed by atoms with E-state index in [-0.39, 0.29) is 0 Å². The van der Waals surface area contributed by atoms with Crippen molar-refractivity contribution in [3.8, 4) is 0 Å². The number of rotatable bonds is 7. The van der Waals surface area contributed by atoms with E-state index in [0.29, 0.717) is 5.41 Å².